The summed E-state index contributed by atoms with van der Waals surface area (Å²) in [6.45, 7) is 1.49. The number of Topliss-reactive ketones (excluding diaryl/α,β-unsaturated/α-hetero) is 1. The molecule has 1 unspecified atom stereocenters. The van der Waals surface area contributed by atoms with Crippen molar-refractivity contribution in [3.05, 3.63) is 0 Å². The van der Waals surface area contributed by atoms with E-state index in [-0.39, 0.29) is 6.61 Å². The van der Waals surface area contributed by atoms with Crippen LogP contribution < -0.4 is 5.73 Å². The molecule has 0 aromatic rings. The van der Waals surface area contributed by atoms with Crippen LogP contribution in [0.4, 0.5) is 8.78 Å². The standard InChI is InChI=1S/C6H9F2NO3/c1-2-12-6(11)3(9)4(10)5(7)8/h3,5H,2,9H2,1H3. The number of rotatable bonds is 4. The van der Waals surface area contributed by atoms with Gasteiger partial charge in [-0.15, -0.1) is 0 Å². The molecule has 0 aliphatic heterocycles. The Bertz CT molecular complexity index is 184. The molecule has 0 aromatic heterocycles. The van der Waals surface area contributed by atoms with Gasteiger partial charge in [0.2, 0.25) is 5.78 Å². The molecule has 70 valence electrons. The van der Waals surface area contributed by atoms with Crippen LogP contribution >= 0.6 is 0 Å². The van der Waals surface area contributed by atoms with E-state index in [0.29, 0.717) is 0 Å². The van der Waals surface area contributed by atoms with Crippen LogP contribution in [0.1, 0.15) is 6.92 Å². The Balaban J connectivity index is 4.10. The number of ketones is 1. The van der Waals surface area contributed by atoms with Gasteiger partial charge in [0.25, 0.3) is 6.43 Å². The Morgan fingerprint density at radius 1 is 1.50 bits per heavy atom. The third-order valence-corrected chi connectivity index (χ3v) is 1.06. The third-order valence-electron chi connectivity index (χ3n) is 1.06. The summed E-state index contributed by atoms with van der Waals surface area (Å²) >= 11 is 0. The van der Waals surface area contributed by atoms with Crippen molar-refractivity contribution >= 4 is 11.8 Å². The van der Waals surface area contributed by atoms with Gasteiger partial charge >= 0.3 is 5.97 Å². The molecule has 0 saturated heterocycles. The first-order valence-electron chi connectivity index (χ1n) is 3.24. The molecule has 0 aliphatic rings. The molecule has 0 rings (SSSR count). The van der Waals surface area contributed by atoms with E-state index in [4.69, 9.17) is 5.73 Å². The average molecular weight is 181 g/mol. The van der Waals surface area contributed by atoms with Crippen LogP contribution in [-0.2, 0) is 14.3 Å². The lowest BCUT2D eigenvalue weighted by Gasteiger charge is -2.07. The Labute approximate surface area is 67.7 Å². The molecule has 0 aromatic carbocycles. The minimum atomic E-state index is -3.23. The smallest absolute Gasteiger partial charge is 0.330 e. The quantitative estimate of drug-likeness (QED) is 0.478. The van der Waals surface area contributed by atoms with Crippen LogP contribution in [-0.4, -0.2) is 30.8 Å². The molecule has 1 atom stereocenters. The second kappa shape index (κ2) is 4.76. The highest BCUT2D eigenvalue weighted by Crippen LogP contribution is 1.98. The Hall–Kier alpha value is -1.04. The summed E-state index contributed by atoms with van der Waals surface area (Å²) in [5, 5.41) is 0. The molecule has 2 N–H and O–H groups in total. The van der Waals surface area contributed by atoms with Crippen molar-refractivity contribution in [2.24, 2.45) is 5.73 Å². The second-order valence-electron chi connectivity index (χ2n) is 1.93. The lowest BCUT2D eigenvalue weighted by Crippen LogP contribution is -2.43. The van der Waals surface area contributed by atoms with Gasteiger partial charge in [-0.1, -0.05) is 0 Å². The number of ether oxygens (including phenoxy) is 1. The van der Waals surface area contributed by atoms with Crippen LogP contribution in [0.5, 0.6) is 0 Å². The van der Waals surface area contributed by atoms with Crippen molar-refractivity contribution in [1.82, 2.24) is 0 Å². The maximum atomic E-state index is 11.6. The van der Waals surface area contributed by atoms with Crippen molar-refractivity contribution in [3.8, 4) is 0 Å². The van der Waals surface area contributed by atoms with E-state index in [2.05, 4.69) is 4.74 Å². The fraction of sp³-hybridized carbons (Fsp3) is 0.667. The van der Waals surface area contributed by atoms with Crippen molar-refractivity contribution < 1.29 is 23.1 Å². The summed E-state index contributed by atoms with van der Waals surface area (Å²) in [5.74, 6) is -2.74. The van der Waals surface area contributed by atoms with E-state index >= 15 is 0 Å². The molecule has 6 heteroatoms. The monoisotopic (exact) mass is 181 g/mol. The van der Waals surface area contributed by atoms with Gasteiger partial charge in [0, 0.05) is 0 Å². The molecule has 12 heavy (non-hydrogen) atoms. The van der Waals surface area contributed by atoms with E-state index < -0.39 is 24.2 Å². The zero-order chi connectivity index (χ0) is 9.72. The molecule has 0 radical (unpaired) electrons. The molecule has 0 fully saturated rings. The Morgan fingerprint density at radius 2 is 2.00 bits per heavy atom. The molecule has 0 spiro atoms. The lowest BCUT2D eigenvalue weighted by molar-refractivity contribution is -0.150. The first kappa shape index (κ1) is 11.0. The fourth-order valence-electron chi connectivity index (χ4n) is 0.484. The van der Waals surface area contributed by atoms with Crippen LogP contribution in [0.2, 0.25) is 0 Å². The topological polar surface area (TPSA) is 69.4 Å². The molecule has 0 heterocycles. The van der Waals surface area contributed by atoms with Gasteiger partial charge in [-0.05, 0) is 6.92 Å². The van der Waals surface area contributed by atoms with Gasteiger partial charge in [-0.25, -0.2) is 13.6 Å². The number of hydrogen-bond donors (Lipinski definition) is 1. The van der Waals surface area contributed by atoms with E-state index in [9.17, 15) is 18.4 Å². The molecular formula is C6H9F2NO3. The summed E-state index contributed by atoms with van der Waals surface area (Å²) in [6.07, 6.45) is -3.23. The van der Waals surface area contributed by atoms with Crippen molar-refractivity contribution in [2.45, 2.75) is 19.4 Å². The average Bonchev–Trinajstić information content (AvgIpc) is 2.02. The van der Waals surface area contributed by atoms with Crippen LogP contribution in [0.15, 0.2) is 0 Å². The van der Waals surface area contributed by atoms with Gasteiger partial charge in [-0.2, -0.15) is 0 Å². The molecule has 0 saturated carbocycles. The predicted octanol–water partition coefficient (Wildman–Crippen LogP) is -0.289. The number of hydrogen-bond acceptors (Lipinski definition) is 4. The van der Waals surface area contributed by atoms with Gasteiger partial charge in [0.1, 0.15) is 0 Å². The molecule has 0 aliphatic carbocycles. The van der Waals surface area contributed by atoms with E-state index in [1.165, 1.54) is 6.92 Å². The third kappa shape index (κ3) is 2.91. The summed E-state index contributed by atoms with van der Waals surface area (Å²) in [5.41, 5.74) is 4.84. The fourth-order valence-corrected chi connectivity index (χ4v) is 0.484. The number of esters is 1. The van der Waals surface area contributed by atoms with Crippen molar-refractivity contribution in [3.63, 3.8) is 0 Å². The summed E-state index contributed by atoms with van der Waals surface area (Å²) < 4.78 is 27.5. The van der Waals surface area contributed by atoms with Crippen molar-refractivity contribution in [2.75, 3.05) is 6.61 Å². The summed E-state index contributed by atoms with van der Waals surface area (Å²) in [6, 6.07) is -1.87. The molecule has 0 bridgehead atoms. The van der Waals surface area contributed by atoms with Crippen LogP contribution in [0, 0.1) is 0 Å². The van der Waals surface area contributed by atoms with E-state index in [0.717, 1.165) is 0 Å². The number of carbonyl (C=O) groups is 2. The Kier molecular flexibility index (Phi) is 4.35. The minimum Gasteiger partial charge on any atom is -0.464 e. The SMILES string of the molecule is CCOC(=O)C(N)C(=O)C(F)F. The van der Waals surface area contributed by atoms with E-state index in [1.54, 1.807) is 0 Å². The maximum absolute atomic E-state index is 11.6. The van der Waals surface area contributed by atoms with E-state index in [1.807, 2.05) is 0 Å². The summed E-state index contributed by atoms with van der Waals surface area (Å²) in [7, 11) is 0. The maximum Gasteiger partial charge on any atom is 0.330 e. The van der Waals surface area contributed by atoms with Crippen LogP contribution in [0.3, 0.4) is 0 Å². The zero-order valence-corrected chi connectivity index (χ0v) is 6.42. The highest BCUT2D eigenvalue weighted by atomic mass is 19.3. The Morgan fingerprint density at radius 3 is 2.33 bits per heavy atom. The summed E-state index contributed by atoms with van der Waals surface area (Å²) in [4.78, 5) is 21.0. The second-order valence-corrected chi connectivity index (χ2v) is 1.93. The van der Waals surface area contributed by atoms with Crippen molar-refractivity contribution in [1.29, 1.82) is 0 Å². The highest BCUT2D eigenvalue weighted by Gasteiger charge is 2.30. The zero-order valence-electron chi connectivity index (χ0n) is 6.42. The highest BCUT2D eigenvalue weighted by molar-refractivity contribution is 6.04. The first-order chi connectivity index (χ1) is 5.50. The molecular weight excluding hydrogens is 172 g/mol. The normalized spacial score (nSPS) is 12.8. The number of alkyl halides is 2. The van der Waals surface area contributed by atoms with Gasteiger partial charge in [-0.3, -0.25) is 4.79 Å². The largest absolute Gasteiger partial charge is 0.464 e. The molecule has 4 nitrogen and oxygen atoms in total. The minimum absolute atomic E-state index is 0.00303. The van der Waals surface area contributed by atoms with Gasteiger partial charge in [0.15, 0.2) is 6.04 Å². The first-order valence-corrected chi connectivity index (χ1v) is 3.24. The lowest BCUT2D eigenvalue weighted by atomic mass is 10.2. The van der Waals surface area contributed by atoms with Crippen LogP contribution in [0.25, 0.3) is 0 Å². The number of halogens is 2. The van der Waals surface area contributed by atoms with Gasteiger partial charge < -0.3 is 10.5 Å². The number of nitrogens with two attached hydrogens (primary N) is 1. The molecule has 0 amide bonds. The predicted molar refractivity (Wildman–Crippen MR) is 35.6 cm³/mol. The van der Waals surface area contributed by atoms with Gasteiger partial charge in [0.05, 0.1) is 6.61 Å². The number of carbonyl (C=O) groups excluding carboxylic acids is 2.